The van der Waals surface area contributed by atoms with Crippen LogP contribution in [-0.2, 0) is 6.54 Å². The van der Waals surface area contributed by atoms with Gasteiger partial charge >= 0.3 is 0 Å². The van der Waals surface area contributed by atoms with Crippen LogP contribution in [0.25, 0.3) is 22.4 Å². The maximum absolute atomic E-state index is 5.73. The third-order valence-electron chi connectivity index (χ3n) is 3.11. The zero-order valence-electron chi connectivity index (χ0n) is 12.4. The molecule has 0 atom stereocenters. The maximum Gasteiger partial charge on any atom is 0.266 e. The summed E-state index contributed by atoms with van der Waals surface area (Å²) in [6, 6.07) is 10.00. The van der Waals surface area contributed by atoms with Gasteiger partial charge in [-0.15, -0.1) is 10.2 Å². The van der Waals surface area contributed by atoms with Gasteiger partial charge < -0.3 is 9.73 Å². The van der Waals surface area contributed by atoms with Crippen LogP contribution in [0, 0.1) is 0 Å². The summed E-state index contributed by atoms with van der Waals surface area (Å²) in [6.45, 7) is 6.82. The summed E-state index contributed by atoms with van der Waals surface area (Å²) >= 11 is 0. The molecule has 0 amide bonds. The van der Waals surface area contributed by atoms with E-state index < -0.39 is 0 Å². The van der Waals surface area contributed by atoms with Crippen LogP contribution in [0.4, 0.5) is 0 Å². The molecule has 0 saturated heterocycles. The number of nitrogens with zero attached hydrogens (tertiary/aromatic N) is 3. The fourth-order valence-electron chi connectivity index (χ4n) is 2.05. The Hall–Kier alpha value is -2.27. The second-order valence-electron chi connectivity index (χ2n) is 5.99. The summed E-state index contributed by atoms with van der Waals surface area (Å²) < 4.78 is 5.73. The van der Waals surface area contributed by atoms with E-state index in [0.717, 1.165) is 16.5 Å². The molecule has 0 spiro atoms. The Morgan fingerprint density at radius 2 is 1.90 bits per heavy atom. The number of fused-ring (bicyclic) bond motifs is 1. The number of aromatic nitrogens is 3. The monoisotopic (exact) mass is 282 g/mol. The third kappa shape index (κ3) is 3.08. The highest BCUT2D eigenvalue weighted by Gasteiger charge is 2.15. The van der Waals surface area contributed by atoms with E-state index in [1.165, 1.54) is 0 Å². The van der Waals surface area contributed by atoms with E-state index in [1.807, 2.05) is 30.3 Å². The highest BCUT2D eigenvalue weighted by atomic mass is 16.4. The molecule has 0 aliphatic carbocycles. The van der Waals surface area contributed by atoms with Crippen molar-refractivity contribution < 1.29 is 4.42 Å². The molecule has 5 nitrogen and oxygen atoms in total. The minimum atomic E-state index is 0.00628. The van der Waals surface area contributed by atoms with Gasteiger partial charge in [0.1, 0.15) is 5.69 Å². The number of rotatable bonds is 3. The van der Waals surface area contributed by atoms with Gasteiger partial charge in [0.05, 0.1) is 6.54 Å². The Morgan fingerprint density at radius 1 is 1.10 bits per heavy atom. The van der Waals surface area contributed by atoms with Crippen molar-refractivity contribution in [3.63, 3.8) is 0 Å². The average molecular weight is 282 g/mol. The summed E-state index contributed by atoms with van der Waals surface area (Å²) in [6.07, 6.45) is 1.76. The Kier molecular flexibility index (Phi) is 3.43. The molecule has 1 aromatic carbocycles. The van der Waals surface area contributed by atoms with E-state index in [1.54, 1.807) is 6.20 Å². The molecule has 108 valence electrons. The molecule has 0 saturated carbocycles. The molecule has 0 radical (unpaired) electrons. The van der Waals surface area contributed by atoms with Crippen molar-refractivity contribution in [2.75, 3.05) is 0 Å². The maximum atomic E-state index is 5.73. The van der Waals surface area contributed by atoms with Crippen molar-refractivity contribution in [3.05, 3.63) is 42.4 Å². The van der Waals surface area contributed by atoms with Crippen molar-refractivity contribution in [2.45, 2.75) is 32.9 Å². The van der Waals surface area contributed by atoms with Crippen molar-refractivity contribution in [3.8, 4) is 11.6 Å². The minimum absolute atomic E-state index is 0.00628. The molecule has 2 aromatic heterocycles. The van der Waals surface area contributed by atoms with E-state index in [0.29, 0.717) is 18.3 Å². The SMILES string of the molecule is CC(C)(C)NCc1nnc(-c2nccc3ccccc23)o1. The van der Waals surface area contributed by atoms with Crippen LogP contribution in [0.5, 0.6) is 0 Å². The Bertz CT molecular complexity index is 753. The molecule has 0 aliphatic heterocycles. The lowest BCUT2D eigenvalue weighted by atomic mass is 10.1. The number of hydrogen-bond acceptors (Lipinski definition) is 5. The zero-order valence-corrected chi connectivity index (χ0v) is 12.4. The number of pyridine rings is 1. The molecule has 2 heterocycles. The lowest BCUT2D eigenvalue weighted by Gasteiger charge is -2.18. The van der Waals surface area contributed by atoms with Crippen LogP contribution in [0.1, 0.15) is 26.7 Å². The first-order valence-electron chi connectivity index (χ1n) is 6.94. The highest BCUT2D eigenvalue weighted by molar-refractivity contribution is 5.92. The molecular formula is C16H18N4O. The third-order valence-corrected chi connectivity index (χ3v) is 3.11. The van der Waals surface area contributed by atoms with Gasteiger partial charge in [-0.1, -0.05) is 24.3 Å². The molecule has 0 bridgehead atoms. The molecule has 5 heteroatoms. The van der Waals surface area contributed by atoms with Crippen LogP contribution in [-0.4, -0.2) is 20.7 Å². The van der Waals surface area contributed by atoms with Gasteiger partial charge in [0.15, 0.2) is 0 Å². The van der Waals surface area contributed by atoms with Crippen LogP contribution in [0.2, 0.25) is 0 Å². The molecule has 0 unspecified atom stereocenters. The van der Waals surface area contributed by atoms with Crippen molar-refractivity contribution in [1.82, 2.24) is 20.5 Å². The van der Waals surface area contributed by atoms with E-state index >= 15 is 0 Å². The van der Waals surface area contributed by atoms with Gasteiger partial charge in [0.2, 0.25) is 5.89 Å². The molecule has 3 rings (SSSR count). The first-order valence-corrected chi connectivity index (χ1v) is 6.94. The van der Waals surface area contributed by atoms with Crippen molar-refractivity contribution >= 4 is 10.8 Å². The summed E-state index contributed by atoms with van der Waals surface area (Å²) in [7, 11) is 0. The highest BCUT2D eigenvalue weighted by Crippen LogP contribution is 2.25. The number of hydrogen-bond donors (Lipinski definition) is 1. The Balaban J connectivity index is 1.92. The summed E-state index contributed by atoms with van der Waals surface area (Å²) in [4.78, 5) is 4.38. The van der Waals surface area contributed by atoms with E-state index in [2.05, 4.69) is 41.3 Å². The summed E-state index contributed by atoms with van der Waals surface area (Å²) in [5, 5.41) is 13.6. The molecule has 21 heavy (non-hydrogen) atoms. The van der Waals surface area contributed by atoms with Gasteiger partial charge in [-0.2, -0.15) is 0 Å². The normalized spacial score (nSPS) is 12.0. The summed E-state index contributed by atoms with van der Waals surface area (Å²) in [5.74, 6) is 1.02. The predicted molar refractivity (Wildman–Crippen MR) is 81.6 cm³/mol. The second kappa shape index (κ2) is 5.26. The van der Waals surface area contributed by atoms with Crippen LogP contribution in [0.3, 0.4) is 0 Å². The van der Waals surface area contributed by atoms with Crippen LogP contribution < -0.4 is 5.32 Å². The predicted octanol–water partition coefficient (Wildman–Crippen LogP) is 3.17. The molecule has 0 aliphatic rings. The fraction of sp³-hybridized carbons (Fsp3) is 0.312. The molecule has 1 N–H and O–H groups in total. The molecule has 0 fully saturated rings. The first kappa shape index (κ1) is 13.7. The lowest BCUT2D eigenvalue weighted by Crippen LogP contribution is -2.35. The summed E-state index contributed by atoms with van der Waals surface area (Å²) in [5.41, 5.74) is 0.731. The quantitative estimate of drug-likeness (QED) is 0.799. The zero-order chi connectivity index (χ0) is 14.9. The van der Waals surface area contributed by atoms with Crippen molar-refractivity contribution in [1.29, 1.82) is 0 Å². The molecular weight excluding hydrogens is 264 g/mol. The standard InChI is InChI=1S/C16H18N4O/c1-16(2,3)18-10-13-19-20-15(21-13)14-12-7-5-4-6-11(12)8-9-17-14/h4-9,18H,10H2,1-3H3. The van der Waals surface area contributed by atoms with E-state index in [-0.39, 0.29) is 5.54 Å². The smallest absolute Gasteiger partial charge is 0.266 e. The lowest BCUT2D eigenvalue weighted by molar-refractivity contribution is 0.383. The van der Waals surface area contributed by atoms with Gasteiger partial charge in [-0.3, -0.25) is 4.98 Å². The second-order valence-corrected chi connectivity index (χ2v) is 5.99. The van der Waals surface area contributed by atoms with Gasteiger partial charge in [-0.05, 0) is 32.2 Å². The minimum Gasteiger partial charge on any atom is -0.418 e. The van der Waals surface area contributed by atoms with E-state index in [4.69, 9.17) is 4.42 Å². The van der Waals surface area contributed by atoms with Crippen molar-refractivity contribution in [2.24, 2.45) is 0 Å². The van der Waals surface area contributed by atoms with E-state index in [9.17, 15) is 0 Å². The first-order chi connectivity index (χ1) is 10.0. The fourth-order valence-corrected chi connectivity index (χ4v) is 2.05. The number of benzene rings is 1. The van der Waals surface area contributed by atoms with Gasteiger partial charge in [-0.25, -0.2) is 0 Å². The average Bonchev–Trinajstić information content (AvgIpc) is 2.92. The van der Waals surface area contributed by atoms with Crippen LogP contribution >= 0.6 is 0 Å². The number of nitrogens with one attached hydrogen (secondary N) is 1. The largest absolute Gasteiger partial charge is 0.418 e. The van der Waals surface area contributed by atoms with Gasteiger partial charge in [0, 0.05) is 17.1 Å². The van der Waals surface area contributed by atoms with Gasteiger partial charge in [0.25, 0.3) is 5.89 Å². The molecule has 3 aromatic rings. The Labute approximate surface area is 123 Å². The Morgan fingerprint density at radius 3 is 2.71 bits per heavy atom. The topological polar surface area (TPSA) is 63.8 Å². The van der Waals surface area contributed by atoms with Crippen LogP contribution in [0.15, 0.2) is 40.9 Å².